The number of benzene rings is 1. The van der Waals surface area contributed by atoms with E-state index in [-0.39, 0.29) is 0 Å². The standard InChI is InChI=1S/C15H25NO2/c1-5-18-9-8-14(16-3)11-13-10-12(2)6-7-15(13)17-4/h6-7,10,14,16H,5,8-9,11H2,1-4H3. The van der Waals surface area contributed by atoms with Crippen molar-refractivity contribution in [3.05, 3.63) is 29.3 Å². The Balaban J connectivity index is 2.65. The fourth-order valence-electron chi connectivity index (χ4n) is 2.05. The van der Waals surface area contributed by atoms with Gasteiger partial charge in [-0.2, -0.15) is 0 Å². The summed E-state index contributed by atoms with van der Waals surface area (Å²) in [5.41, 5.74) is 2.53. The molecular weight excluding hydrogens is 226 g/mol. The van der Waals surface area contributed by atoms with Gasteiger partial charge in [-0.05, 0) is 45.4 Å². The first-order chi connectivity index (χ1) is 8.71. The molecule has 1 aromatic rings. The molecule has 18 heavy (non-hydrogen) atoms. The SMILES string of the molecule is CCOCCC(Cc1cc(C)ccc1OC)NC. The van der Waals surface area contributed by atoms with E-state index in [0.29, 0.717) is 6.04 Å². The number of likely N-dealkylation sites (N-methyl/N-ethyl adjacent to an activating group) is 1. The molecule has 3 nitrogen and oxygen atoms in total. The Bertz CT molecular complexity index is 352. The van der Waals surface area contributed by atoms with Crippen LogP contribution < -0.4 is 10.1 Å². The van der Waals surface area contributed by atoms with E-state index >= 15 is 0 Å². The van der Waals surface area contributed by atoms with Crippen molar-refractivity contribution in [2.24, 2.45) is 0 Å². The average molecular weight is 251 g/mol. The summed E-state index contributed by atoms with van der Waals surface area (Å²) >= 11 is 0. The zero-order chi connectivity index (χ0) is 13.4. The van der Waals surface area contributed by atoms with Crippen LogP contribution in [0.5, 0.6) is 5.75 Å². The summed E-state index contributed by atoms with van der Waals surface area (Å²) in [7, 11) is 3.72. The molecule has 3 heteroatoms. The van der Waals surface area contributed by atoms with Gasteiger partial charge in [-0.3, -0.25) is 0 Å². The average Bonchev–Trinajstić information content (AvgIpc) is 2.38. The Kier molecular flexibility index (Phi) is 6.76. The molecule has 0 fully saturated rings. The smallest absolute Gasteiger partial charge is 0.122 e. The molecule has 0 saturated carbocycles. The first-order valence-electron chi connectivity index (χ1n) is 6.59. The van der Waals surface area contributed by atoms with Crippen molar-refractivity contribution >= 4 is 0 Å². The highest BCUT2D eigenvalue weighted by Crippen LogP contribution is 2.21. The van der Waals surface area contributed by atoms with E-state index in [1.807, 2.05) is 20.0 Å². The van der Waals surface area contributed by atoms with E-state index in [1.54, 1.807) is 7.11 Å². The first kappa shape index (κ1) is 15.0. The zero-order valence-electron chi connectivity index (χ0n) is 12.0. The fourth-order valence-corrected chi connectivity index (χ4v) is 2.05. The zero-order valence-corrected chi connectivity index (χ0v) is 12.0. The van der Waals surface area contributed by atoms with Crippen molar-refractivity contribution in [1.29, 1.82) is 0 Å². The summed E-state index contributed by atoms with van der Waals surface area (Å²) in [6.45, 7) is 5.72. The molecule has 102 valence electrons. The van der Waals surface area contributed by atoms with E-state index in [9.17, 15) is 0 Å². The summed E-state index contributed by atoms with van der Waals surface area (Å²) < 4.78 is 10.8. The highest BCUT2D eigenvalue weighted by atomic mass is 16.5. The van der Waals surface area contributed by atoms with E-state index in [2.05, 4.69) is 24.4 Å². The van der Waals surface area contributed by atoms with Gasteiger partial charge in [0.2, 0.25) is 0 Å². The van der Waals surface area contributed by atoms with Crippen LogP contribution in [0.1, 0.15) is 24.5 Å². The number of rotatable bonds is 8. The topological polar surface area (TPSA) is 30.5 Å². The molecule has 0 bridgehead atoms. The Morgan fingerprint density at radius 3 is 2.72 bits per heavy atom. The molecule has 0 aliphatic heterocycles. The number of hydrogen-bond donors (Lipinski definition) is 1. The predicted octanol–water partition coefficient (Wildman–Crippen LogP) is 2.56. The van der Waals surface area contributed by atoms with Crippen LogP contribution in [0, 0.1) is 6.92 Å². The Morgan fingerprint density at radius 1 is 1.33 bits per heavy atom. The molecule has 0 aliphatic carbocycles. The quantitative estimate of drug-likeness (QED) is 0.720. The van der Waals surface area contributed by atoms with Crippen molar-refractivity contribution in [2.75, 3.05) is 27.4 Å². The minimum absolute atomic E-state index is 0.423. The van der Waals surface area contributed by atoms with Crippen molar-refractivity contribution in [3.63, 3.8) is 0 Å². The predicted molar refractivity (Wildman–Crippen MR) is 75.4 cm³/mol. The van der Waals surface area contributed by atoms with Crippen molar-refractivity contribution < 1.29 is 9.47 Å². The largest absolute Gasteiger partial charge is 0.496 e. The van der Waals surface area contributed by atoms with Crippen molar-refractivity contribution in [1.82, 2.24) is 5.32 Å². The molecule has 0 amide bonds. The molecule has 1 rings (SSSR count). The summed E-state index contributed by atoms with van der Waals surface area (Å²) in [5.74, 6) is 0.970. The third-order valence-electron chi connectivity index (χ3n) is 3.13. The lowest BCUT2D eigenvalue weighted by Crippen LogP contribution is -2.29. The molecule has 0 aliphatic rings. The molecule has 0 radical (unpaired) electrons. The Labute approximate surface area is 110 Å². The molecule has 0 heterocycles. The highest BCUT2D eigenvalue weighted by Gasteiger charge is 2.11. The number of nitrogens with one attached hydrogen (secondary N) is 1. The van der Waals surface area contributed by atoms with Crippen LogP contribution >= 0.6 is 0 Å². The molecule has 1 unspecified atom stereocenters. The maximum Gasteiger partial charge on any atom is 0.122 e. The van der Waals surface area contributed by atoms with Crippen LogP contribution in [-0.2, 0) is 11.2 Å². The molecule has 1 N–H and O–H groups in total. The van der Waals surface area contributed by atoms with E-state index in [4.69, 9.17) is 9.47 Å². The van der Waals surface area contributed by atoms with Crippen LogP contribution in [0.25, 0.3) is 0 Å². The van der Waals surface area contributed by atoms with Gasteiger partial charge in [-0.1, -0.05) is 17.7 Å². The van der Waals surface area contributed by atoms with Crippen LogP contribution in [0.4, 0.5) is 0 Å². The van der Waals surface area contributed by atoms with Gasteiger partial charge in [-0.25, -0.2) is 0 Å². The maximum atomic E-state index is 5.41. The molecule has 1 atom stereocenters. The third kappa shape index (κ3) is 4.67. The number of methoxy groups -OCH3 is 1. The second-order valence-corrected chi connectivity index (χ2v) is 4.49. The van der Waals surface area contributed by atoms with Gasteiger partial charge in [0.15, 0.2) is 0 Å². The second-order valence-electron chi connectivity index (χ2n) is 4.49. The van der Waals surface area contributed by atoms with Crippen molar-refractivity contribution in [2.45, 2.75) is 32.7 Å². The van der Waals surface area contributed by atoms with Crippen LogP contribution in [0.15, 0.2) is 18.2 Å². The van der Waals surface area contributed by atoms with Gasteiger partial charge in [-0.15, -0.1) is 0 Å². The normalized spacial score (nSPS) is 12.4. The summed E-state index contributed by atoms with van der Waals surface area (Å²) in [5, 5.41) is 3.34. The van der Waals surface area contributed by atoms with Gasteiger partial charge >= 0.3 is 0 Å². The number of ether oxygens (including phenoxy) is 2. The summed E-state index contributed by atoms with van der Waals surface area (Å²) in [6, 6.07) is 6.74. The van der Waals surface area contributed by atoms with Crippen molar-refractivity contribution in [3.8, 4) is 5.75 Å². The van der Waals surface area contributed by atoms with E-state index < -0.39 is 0 Å². The second kappa shape index (κ2) is 8.11. The lowest BCUT2D eigenvalue weighted by Gasteiger charge is -2.18. The van der Waals surface area contributed by atoms with Crippen LogP contribution in [-0.4, -0.2) is 33.4 Å². The Hall–Kier alpha value is -1.06. The number of hydrogen-bond acceptors (Lipinski definition) is 3. The van der Waals surface area contributed by atoms with Gasteiger partial charge in [0.05, 0.1) is 7.11 Å². The van der Waals surface area contributed by atoms with Gasteiger partial charge in [0.1, 0.15) is 5.75 Å². The minimum atomic E-state index is 0.423. The molecular formula is C15H25NO2. The van der Waals surface area contributed by atoms with E-state index in [0.717, 1.165) is 31.8 Å². The van der Waals surface area contributed by atoms with Crippen LogP contribution in [0.3, 0.4) is 0 Å². The summed E-state index contributed by atoms with van der Waals surface area (Å²) in [4.78, 5) is 0. The van der Waals surface area contributed by atoms with Gasteiger partial charge in [0, 0.05) is 19.3 Å². The minimum Gasteiger partial charge on any atom is -0.496 e. The monoisotopic (exact) mass is 251 g/mol. The summed E-state index contributed by atoms with van der Waals surface area (Å²) in [6.07, 6.45) is 1.98. The third-order valence-corrected chi connectivity index (χ3v) is 3.13. The maximum absolute atomic E-state index is 5.41. The molecule has 0 saturated heterocycles. The first-order valence-corrected chi connectivity index (χ1v) is 6.59. The van der Waals surface area contributed by atoms with E-state index in [1.165, 1.54) is 11.1 Å². The Morgan fingerprint density at radius 2 is 2.11 bits per heavy atom. The molecule has 0 spiro atoms. The molecule has 1 aromatic carbocycles. The highest BCUT2D eigenvalue weighted by molar-refractivity contribution is 5.37. The fraction of sp³-hybridized carbons (Fsp3) is 0.600. The van der Waals surface area contributed by atoms with Crippen LogP contribution in [0.2, 0.25) is 0 Å². The number of aryl methyl sites for hydroxylation is 1. The van der Waals surface area contributed by atoms with Gasteiger partial charge in [0.25, 0.3) is 0 Å². The molecule has 0 aromatic heterocycles. The lowest BCUT2D eigenvalue weighted by atomic mass is 10.0. The lowest BCUT2D eigenvalue weighted by molar-refractivity contribution is 0.137. The van der Waals surface area contributed by atoms with Gasteiger partial charge < -0.3 is 14.8 Å².